The van der Waals surface area contributed by atoms with Crippen molar-refractivity contribution in [1.82, 2.24) is 14.8 Å². The molecule has 5 heterocycles. The highest BCUT2D eigenvalue weighted by Crippen LogP contribution is 2.47. The number of carbonyl (C=O) groups excluding carboxylic acids is 3. The predicted octanol–water partition coefficient (Wildman–Crippen LogP) is 3.20. The van der Waals surface area contributed by atoms with Crippen LogP contribution in [0.5, 0.6) is 0 Å². The van der Waals surface area contributed by atoms with E-state index in [9.17, 15) is 14.4 Å². The normalized spacial score (nSPS) is 25.6. The largest absolute Gasteiger partial charge is 0.459 e. The van der Waals surface area contributed by atoms with Gasteiger partial charge in [-0.3, -0.25) is 19.8 Å². The van der Waals surface area contributed by atoms with Gasteiger partial charge in [0.1, 0.15) is 15.4 Å². The first-order valence-corrected chi connectivity index (χ1v) is 12.7. The molecule has 1 spiro atoms. The van der Waals surface area contributed by atoms with E-state index < -0.39 is 17.0 Å². The second kappa shape index (κ2) is 8.49. The Morgan fingerprint density at radius 1 is 1.26 bits per heavy atom. The molecule has 1 atom stereocenters. The lowest BCUT2D eigenvalue weighted by molar-refractivity contribution is -0.154. The number of nitrogens with one attached hydrogen (secondary N) is 1. The molecule has 3 amide bonds. The van der Waals surface area contributed by atoms with E-state index in [1.54, 1.807) is 12.3 Å². The van der Waals surface area contributed by atoms with E-state index in [0.717, 1.165) is 50.6 Å². The van der Waals surface area contributed by atoms with Crippen molar-refractivity contribution in [2.75, 3.05) is 31.5 Å². The minimum atomic E-state index is -0.702. The van der Waals surface area contributed by atoms with Gasteiger partial charge in [-0.05, 0) is 58.2 Å². The summed E-state index contributed by atoms with van der Waals surface area (Å²) < 4.78 is 5.68. The van der Waals surface area contributed by atoms with Gasteiger partial charge in [-0.1, -0.05) is 11.3 Å². The number of nitrogens with two attached hydrogens (primary N) is 1. The molecule has 3 aliphatic heterocycles. The molecule has 2 aromatic rings. The van der Waals surface area contributed by atoms with Crippen LogP contribution in [-0.2, 0) is 9.53 Å². The summed E-state index contributed by atoms with van der Waals surface area (Å²) in [7, 11) is 0. The van der Waals surface area contributed by atoms with E-state index in [1.165, 1.54) is 11.3 Å². The molecular formula is C24H31N5O4S. The first-order chi connectivity index (χ1) is 16.2. The van der Waals surface area contributed by atoms with Gasteiger partial charge in [0.25, 0.3) is 5.91 Å². The van der Waals surface area contributed by atoms with Crippen LogP contribution >= 0.6 is 11.3 Å². The van der Waals surface area contributed by atoms with E-state index in [-0.39, 0.29) is 11.9 Å². The van der Waals surface area contributed by atoms with E-state index in [4.69, 9.17) is 10.5 Å². The first kappa shape index (κ1) is 23.0. The van der Waals surface area contributed by atoms with Gasteiger partial charge in [-0.25, -0.2) is 9.78 Å². The number of likely N-dealkylation sites (tertiary alicyclic amines) is 2. The lowest BCUT2D eigenvalue weighted by Crippen LogP contribution is -2.53. The molecule has 0 radical (unpaired) electrons. The zero-order valence-corrected chi connectivity index (χ0v) is 20.5. The number of urea groups is 1. The predicted molar refractivity (Wildman–Crippen MR) is 130 cm³/mol. The standard InChI is InChI=1S/C24H31N5O4S/c1-23(2)13-24(21(31)33-23)8-4-10-29(14-24)15-6-11-28(12-7-15)20(30)17-16-5-3-9-26-18(16)34-19(17)27-22(25)32/h3,5,9,15H,4,6-8,10-14H2,1-2H3,(H3,25,27,32). The van der Waals surface area contributed by atoms with Crippen LogP contribution in [0.2, 0.25) is 0 Å². The van der Waals surface area contributed by atoms with Gasteiger partial charge in [0, 0.05) is 43.7 Å². The summed E-state index contributed by atoms with van der Waals surface area (Å²) in [5.41, 5.74) is 5.01. The number of hydrogen-bond acceptors (Lipinski definition) is 7. The molecule has 182 valence electrons. The number of aromatic nitrogens is 1. The number of nitrogens with zero attached hydrogens (tertiary/aromatic N) is 3. The Hall–Kier alpha value is -2.72. The van der Waals surface area contributed by atoms with Crippen LogP contribution in [0.15, 0.2) is 18.3 Å². The van der Waals surface area contributed by atoms with Crippen molar-refractivity contribution in [2.24, 2.45) is 11.1 Å². The molecule has 34 heavy (non-hydrogen) atoms. The molecule has 0 bridgehead atoms. The number of carbonyl (C=O) groups is 3. The molecular weight excluding hydrogens is 454 g/mol. The highest BCUT2D eigenvalue weighted by Gasteiger charge is 2.54. The zero-order chi connectivity index (χ0) is 24.1. The number of piperidine rings is 2. The van der Waals surface area contributed by atoms with Gasteiger partial charge < -0.3 is 15.4 Å². The number of amides is 3. The summed E-state index contributed by atoms with van der Waals surface area (Å²) in [5.74, 6) is -0.167. The average Bonchev–Trinajstić information content (AvgIpc) is 3.25. The summed E-state index contributed by atoms with van der Waals surface area (Å²) in [6.45, 7) is 6.94. The van der Waals surface area contributed by atoms with Crippen molar-refractivity contribution < 1.29 is 19.1 Å². The molecule has 3 fully saturated rings. The molecule has 10 heteroatoms. The minimum absolute atomic E-state index is 0.0535. The van der Waals surface area contributed by atoms with Crippen molar-refractivity contribution in [3.05, 3.63) is 23.9 Å². The van der Waals surface area contributed by atoms with E-state index in [0.29, 0.717) is 34.5 Å². The number of rotatable bonds is 3. The summed E-state index contributed by atoms with van der Waals surface area (Å²) in [6.07, 6.45) is 6.00. The molecule has 9 nitrogen and oxygen atoms in total. The van der Waals surface area contributed by atoms with Crippen LogP contribution in [0.3, 0.4) is 0 Å². The summed E-state index contributed by atoms with van der Waals surface area (Å²) in [4.78, 5) is 47.1. The maximum atomic E-state index is 13.5. The Bertz CT molecular complexity index is 1140. The lowest BCUT2D eigenvalue weighted by atomic mass is 9.74. The maximum Gasteiger partial charge on any atom is 0.317 e. The Balaban J connectivity index is 1.28. The average molecular weight is 486 g/mol. The minimum Gasteiger partial charge on any atom is -0.459 e. The summed E-state index contributed by atoms with van der Waals surface area (Å²) >= 11 is 1.26. The highest BCUT2D eigenvalue weighted by molar-refractivity contribution is 7.23. The number of ether oxygens (including phenoxy) is 1. The number of cyclic esters (lactones) is 1. The van der Waals surface area contributed by atoms with Crippen LogP contribution < -0.4 is 11.1 Å². The number of anilines is 1. The molecule has 2 aromatic heterocycles. The number of pyridine rings is 1. The Kier molecular flexibility index (Phi) is 5.76. The smallest absolute Gasteiger partial charge is 0.317 e. The Morgan fingerprint density at radius 2 is 2.03 bits per heavy atom. The van der Waals surface area contributed by atoms with Crippen LogP contribution in [0.1, 0.15) is 56.3 Å². The SMILES string of the molecule is CC1(C)CC2(CCCN(C3CCN(C(=O)c4c(NC(N)=O)sc5ncccc45)CC3)C2)C(=O)O1. The van der Waals surface area contributed by atoms with E-state index in [1.807, 2.05) is 24.8 Å². The molecule has 3 aliphatic rings. The van der Waals surface area contributed by atoms with Gasteiger partial charge in [0.05, 0.1) is 11.0 Å². The third-order valence-electron chi connectivity index (χ3n) is 7.36. The molecule has 5 rings (SSSR count). The number of esters is 1. The van der Waals surface area contributed by atoms with Crippen molar-refractivity contribution in [3.8, 4) is 0 Å². The van der Waals surface area contributed by atoms with E-state index >= 15 is 0 Å². The fraction of sp³-hybridized carbons (Fsp3) is 0.583. The van der Waals surface area contributed by atoms with Crippen LogP contribution in [0.25, 0.3) is 10.2 Å². The van der Waals surface area contributed by atoms with Gasteiger partial charge >= 0.3 is 12.0 Å². The fourth-order valence-corrected chi connectivity index (χ4v) is 7.05. The van der Waals surface area contributed by atoms with Crippen molar-refractivity contribution in [2.45, 2.75) is 57.6 Å². The second-order valence-electron chi connectivity index (χ2n) is 10.4. The Morgan fingerprint density at radius 3 is 2.71 bits per heavy atom. The van der Waals surface area contributed by atoms with E-state index in [2.05, 4.69) is 15.2 Å². The molecule has 3 saturated heterocycles. The van der Waals surface area contributed by atoms with Crippen LogP contribution in [-0.4, -0.2) is 70.5 Å². The molecule has 1 unspecified atom stereocenters. The van der Waals surface area contributed by atoms with Crippen molar-refractivity contribution >= 4 is 44.5 Å². The van der Waals surface area contributed by atoms with Gasteiger partial charge in [-0.15, -0.1) is 0 Å². The van der Waals surface area contributed by atoms with Gasteiger partial charge in [-0.2, -0.15) is 0 Å². The van der Waals surface area contributed by atoms with Crippen molar-refractivity contribution in [1.29, 1.82) is 0 Å². The monoisotopic (exact) mass is 485 g/mol. The molecule has 3 N–H and O–H groups in total. The topological polar surface area (TPSA) is 118 Å². The van der Waals surface area contributed by atoms with Crippen molar-refractivity contribution in [3.63, 3.8) is 0 Å². The highest BCUT2D eigenvalue weighted by atomic mass is 32.1. The summed E-state index contributed by atoms with van der Waals surface area (Å²) in [6, 6.07) is 3.27. The third kappa shape index (κ3) is 4.13. The first-order valence-electron chi connectivity index (χ1n) is 11.9. The number of thiophene rings is 1. The second-order valence-corrected chi connectivity index (χ2v) is 11.4. The number of primary amides is 1. The summed E-state index contributed by atoms with van der Waals surface area (Å²) in [5, 5.41) is 3.76. The van der Waals surface area contributed by atoms with Crippen LogP contribution in [0.4, 0.5) is 9.80 Å². The number of hydrogen-bond donors (Lipinski definition) is 2. The zero-order valence-electron chi connectivity index (χ0n) is 19.6. The molecule has 0 aliphatic carbocycles. The maximum absolute atomic E-state index is 13.5. The molecule has 0 aromatic carbocycles. The lowest BCUT2D eigenvalue weighted by Gasteiger charge is -2.44. The Labute approximate surface area is 202 Å². The van der Waals surface area contributed by atoms with Gasteiger partial charge in [0.2, 0.25) is 0 Å². The molecule has 0 saturated carbocycles. The van der Waals surface area contributed by atoms with Crippen LogP contribution in [0, 0.1) is 5.41 Å². The number of fused-ring (bicyclic) bond motifs is 1. The fourth-order valence-electron chi connectivity index (χ4n) is 6.01. The quantitative estimate of drug-likeness (QED) is 0.645. The van der Waals surface area contributed by atoms with Gasteiger partial charge in [0.15, 0.2) is 0 Å². The third-order valence-corrected chi connectivity index (χ3v) is 8.39.